The van der Waals surface area contributed by atoms with E-state index in [1.807, 2.05) is 28.4 Å². The lowest BCUT2D eigenvalue weighted by Crippen LogP contribution is -2.29. The molecule has 1 aliphatic heterocycles. The van der Waals surface area contributed by atoms with Crippen LogP contribution in [-0.2, 0) is 4.74 Å². The number of rotatable bonds is 3. The van der Waals surface area contributed by atoms with Crippen LogP contribution in [0.4, 0.5) is 0 Å². The van der Waals surface area contributed by atoms with Crippen LogP contribution in [0.15, 0.2) is 29.6 Å². The smallest absolute Gasteiger partial charge is 0.140 e. The first kappa shape index (κ1) is 15.2. The molecule has 0 saturated carbocycles. The Kier molecular flexibility index (Phi) is 4.60. The molecule has 0 N–H and O–H groups in total. The van der Waals surface area contributed by atoms with Crippen LogP contribution in [0, 0.1) is 0 Å². The Hall–Kier alpha value is -1.20. The van der Waals surface area contributed by atoms with Crippen molar-refractivity contribution >= 4 is 17.4 Å². The zero-order valence-electron chi connectivity index (χ0n) is 11.3. The number of thioether (sulfide) groups is 1. The van der Waals surface area contributed by atoms with Crippen molar-refractivity contribution in [1.29, 1.82) is 0 Å². The average Bonchev–Trinajstić information content (AvgIpc) is 2.85. The number of fused-ring (bicyclic) bond motifs is 1. The Bertz CT molecular complexity index is 576. The summed E-state index contributed by atoms with van der Waals surface area (Å²) in [5, 5.41) is 0. The van der Waals surface area contributed by atoms with Gasteiger partial charge in [-0.25, -0.2) is 4.98 Å². The maximum Gasteiger partial charge on any atom is 0.140 e. The monoisotopic (exact) mass is 294 g/mol. The molecule has 5 heteroatoms. The van der Waals surface area contributed by atoms with Gasteiger partial charge >= 0.3 is 0 Å². The molecule has 0 aliphatic carbocycles. The number of aromatic nitrogens is 2. The quantitative estimate of drug-likeness (QED) is 0.866. The highest BCUT2D eigenvalue weighted by Gasteiger charge is 2.29. The lowest BCUT2D eigenvalue weighted by atomic mass is 10.0. The maximum atomic E-state index is 5.50. The van der Waals surface area contributed by atoms with Crippen molar-refractivity contribution in [3.63, 3.8) is 0 Å². The lowest BCUT2D eigenvalue weighted by molar-refractivity contribution is 0.0815. The van der Waals surface area contributed by atoms with Crippen molar-refractivity contribution < 1.29 is 9.47 Å². The number of nitrogens with zero attached hydrogens (tertiary/aromatic N) is 2. The highest BCUT2D eigenvalue weighted by molar-refractivity contribution is 8.00. The molecule has 110 valence electrons. The van der Waals surface area contributed by atoms with Crippen molar-refractivity contribution in [2.75, 3.05) is 20.3 Å². The Balaban J connectivity index is 0.00000147. The lowest BCUT2D eigenvalue weighted by Gasteiger charge is -2.33. The van der Waals surface area contributed by atoms with Crippen molar-refractivity contribution in [1.82, 2.24) is 9.38 Å². The molecule has 20 heavy (non-hydrogen) atoms. The van der Waals surface area contributed by atoms with E-state index in [1.165, 1.54) is 0 Å². The Labute approximate surface area is 124 Å². The van der Waals surface area contributed by atoms with E-state index in [0.29, 0.717) is 0 Å². The first-order valence-electron chi connectivity index (χ1n) is 6.48. The van der Waals surface area contributed by atoms with Gasteiger partial charge < -0.3 is 13.9 Å². The van der Waals surface area contributed by atoms with Crippen LogP contribution < -0.4 is 4.74 Å². The Morgan fingerprint density at radius 3 is 2.85 bits per heavy atom. The number of imidazole rings is 1. The molecular weight excluding hydrogens is 272 g/mol. The summed E-state index contributed by atoms with van der Waals surface area (Å²) >= 11 is 1.88. The van der Waals surface area contributed by atoms with Crippen molar-refractivity contribution in [3.05, 3.63) is 24.7 Å². The second-order valence-corrected chi connectivity index (χ2v) is 6.69. The van der Waals surface area contributed by atoms with E-state index in [-0.39, 0.29) is 12.2 Å². The van der Waals surface area contributed by atoms with Gasteiger partial charge in [-0.05, 0) is 19.8 Å². The Morgan fingerprint density at radius 1 is 1.40 bits per heavy atom. The second kappa shape index (κ2) is 6.06. The van der Waals surface area contributed by atoms with Crippen LogP contribution >= 0.6 is 11.8 Å². The van der Waals surface area contributed by atoms with Gasteiger partial charge in [0, 0.05) is 42.6 Å². The van der Waals surface area contributed by atoms with Crippen LogP contribution in [0.2, 0.25) is 0 Å². The SMILES string of the molecule is C.COc1cc2nccn2cc1SC1(C)CCOCC1. The molecule has 0 unspecified atom stereocenters. The van der Waals surface area contributed by atoms with Gasteiger partial charge in [0.15, 0.2) is 0 Å². The molecule has 2 aromatic rings. The fourth-order valence-electron chi connectivity index (χ4n) is 2.33. The van der Waals surface area contributed by atoms with Gasteiger partial charge in [0.1, 0.15) is 11.4 Å². The van der Waals surface area contributed by atoms with E-state index in [9.17, 15) is 0 Å². The van der Waals surface area contributed by atoms with Gasteiger partial charge in [-0.3, -0.25) is 0 Å². The van der Waals surface area contributed by atoms with Crippen molar-refractivity contribution in [2.24, 2.45) is 0 Å². The molecule has 3 heterocycles. The predicted molar refractivity (Wildman–Crippen MR) is 82.8 cm³/mol. The van der Waals surface area contributed by atoms with Crippen LogP contribution in [0.5, 0.6) is 5.75 Å². The topological polar surface area (TPSA) is 35.8 Å². The van der Waals surface area contributed by atoms with Crippen molar-refractivity contribution in [3.8, 4) is 5.75 Å². The molecule has 1 fully saturated rings. The normalized spacial score (nSPS) is 17.7. The molecule has 0 radical (unpaired) electrons. The number of pyridine rings is 1. The summed E-state index contributed by atoms with van der Waals surface area (Å²) in [4.78, 5) is 5.45. The van der Waals surface area contributed by atoms with Crippen LogP contribution in [0.3, 0.4) is 0 Å². The van der Waals surface area contributed by atoms with E-state index in [0.717, 1.165) is 42.3 Å². The number of hydrogen-bond acceptors (Lipinski definition) is 4. The fraction of sp³-hybridized carbons (Fsp3) is 0.533. The zero-order valence-corrected chi connectivity index (χ0v) is 12.1. The summed E-state index contributed by atoms with van der Waals surface area (Å²) in [6.45, 7) is 4.00. The molecular formula is C15H22N2O2S. The summed E-state index contributed by atoms with van der Waals surface area (Å²) in [7, 11) is 1.71. The number of methoxy groups -OCH3 is 1. The molecule has 1 saturated heterocycles. The highest BCUT2D eigenvalue weighted by Crippen LogP contribution is 2.43. The zero-order chi connectivity index (χ0) is 13.3. The molecule has 4 nitrogen and oxygen atoms in total. The molecule has 0 spiro atoms. The molecule has 0 aromatic carbocycles. The van der Waals surface area contributed by atoms with Gasteiger partial charge in [0.05, 0.1) is 12.0 Å². The van der Waals surface area contributed by atoms with Gasteiger partial charge in [-0.2, -0.15) is 0 Å². The predicted octanol–water partition coefficient (Wildman–Crippen LogP) is 3.64. The summed E-state index contributed by atoms with van der Waals surface area (Å²) in [6.07, 6.45) is 8.02. The average molecular weight is 294 g/mol. The summed E-state index contributed by atoms with van der Waals surface area (Å²) in [5.74, 6) is 0.899. The van der Waals surface area contributed by atoms with Gasteiger partial charge in [-0.15, -0.1) is 11.8 Å². The van der Waals surface area contributed by atoms with Gasteiger partial charge in [0.2, 0.25) is 0 Å². The van der Waals surface area contributed by atoms with Crippen LogP contribution in [0.1, 0.15) is 27.2 Å². The fourth-order valence-corrected chi connectivity index (χ4v) is 3.64. The number of hydrogen-bond donors (Lipinski definition) is 0. The molecule has 0 bridgehead atoms. The third-order valence-electron chi connectivity index (χ3n) is 3.58. The molecule has 2 aromatic heterocycles. The summed E-state index contributed by atoms with van der Waals surface area (Å²) < 4.78 is 13.2. The third kappa shape index (κ3) is 2.94. The van der Waals surface area contributed by atoms with Gasteiger partial charge in [0.25, 0.3) is 0 Å². The standard InChI is InChI=1S/C14H18N2O2S.CH4/c1-14(3-7-18-8-4-14)19-12-10-16-6-5-15-13(16)9-11(12)17-2;/h5-6,9-10H,3-4,7-8H2,1-2H3;1H4. The van der Waals surface area contributed by atoms with Crippen LogP contribution in [-0.4, -0.2) is 34.5 Å². The minimum Gasteiger partial charge on any atom is -0.495 e. The van der Waals surface area contributed by atoms with Crippen LogP contribution in [0.25, 0.3) is 5.65 Å². The van der Waals surface area contributed by atoms with E-state index in [2.05, 4.69) is 18.1 Å². The number of ether oxygens (including phenoxy) is 2. The van der Waals surface area contributed by atoms with E-state index >= 15 is 0 Å². The minimum absolute atomic E-state index is 0. The van der Waals surface area contributed by atoms with Crippen molar-refractivity contribution in [2.45, 2.75) is 36.8 Å². The molecule has 3 rings (SSSR count). The highest BCUT2D eigenvalue weighted by atomic mass is 32.2. The van der Waals surface area contributed by atoms with Gasteiger partial charge in [-0.1, -0.05) is 7.43 Å². The third-order valence-corrected chi connectivity index (χ3v) is 5.01. The molecule has 1 aliphatic rings. The van der Waals surface area contributed by atoms with E-state index in [4.69, 9.17) is 9.47 Å². The first-order valence-corrected chi connectivity index (χ1v) is 7.29. The molecule has 0 atom stereocenters. The molecule has 0 amide bonds. The second-order valence-electron chi connectivity index (χ2n) is 5.06. The Morgan fingerprint density at radius 2 is 2.15 bits per heavy atom. The van der Waals surface area contributed by atoms with E-state index in [1.54, 1.807) is 13.3 Å². The maximum absolute atomic E-state index is 5.50. The summed E-state index contributed by atoms with van der Waals surface area (Å²) in [6, 6.07) is 1.99. The minimum atomic E-state index is 0. The van der Waals surface area contributed by atoms with E-state index < -0.39 is 0 Å². The summed E-state index contributed by atoms with van der Waals surface area (Å²) in [5.41, 5.74) is 0.915. The first-order chi connectivity index (χ1) is 9.20. The largest absolute Gasteiger partial charge is 0.495 e.